The maximum Gasteiger partial charge on any atom is 0.358 e. The molecule has 1 aliphatic heterocycles. The average Bonchev–Trinajstić information content (AvgIpc) is 3.24. The molecule has 1 unspecified atom stereocenters. The van der Waals surface area contributed by atoms with Crippen molar-refractivity contribution in [2.75, 3.05) is 13.2 Å². The van der Waals surface area contributed by atoms with E-state index in [4.69, 9.17) is 27.9 Å². The van der Waals surface area contributed by atoms with Gasteiger partial charge in [0, 0.05) is 28.7 Å². The number of benzene rings is 2. The van der Waals surface area contributed by atoms with Gasteiger partial charge in [0.2, 0.25) is 0 Å². The number of likely N-dealkylation sites (tertiary alicyclic amines) is 1. The second-order valence-corrected chi connectivity index (χ2v) is 8.91. The summed E-state index contributed by atoms with van der Waals surface area (Å²) in [6.07, 6.45) is 3.21. The Bertz CT molecular complexity index is 1170. The maximum atomic E-state index is 13.0. The first kappa shape index (κ1) is 23.3. The minimum absolute atomic E-state index is 0.0300. The van der Waals surface area contributed by atoms with E-state index >= 15 is 0 Å². The van der Waals surface area contributed by atoms with Crippen molar-refractivity contribution in [2.24, 2.45) is 0 Å². The van der Waals surface area contributed by atoms with Gasteiger partial charge in [-0.3, -0.25) is 4.79 Å². The third kappa shape index (κ3) is 4.92. The van der Waals surface area contributed by atoms with Crippen LogP contribution in [0.1, 0.15) is 54.0 Å². The van der Waals surface area contributed by atoms with E-state index in [0.29, 0.717) is 32.6 Å². The number of hydrogen-bond donors (Lipinski definition) is 0. The van der Waals surface area contributed by atoms with Gasteiger partial charge >= 0.3 is 5.97 Å². The molecule has 3 aromatic rings. The van der Waals surface area contributed by atoms with Crippen molar-refractivity contribution in [1.82, 2.24) is 14.7 Å². The standard InChI is InChI=1S/C25H25Cl2N3O3/c1-3-33-25(32)22-15-23(20-12-9-18(26)14-21(20)27)30(28-22)19-10-7-17(8-11-19)24(31)29-13-5-4-6-16(29)2/h7-12,14-16H,3-6,13H2,1-2H3. The molecule has 1 amide bonds. The number of aromatic nitrogens is 2. The van der Waals surface area contributed by atoms with Crippen LogP contribution in [0.25, 0.3) is 16.9 Å². The Balaban J connectivity index is 1.71. The van der Waals surface area contributed by atoms with Crippen molar-refractivity contribution in [3.8, 4) is 16.9 Å². The van der Waals surface area contributed by atoms with E-state index in [0.717, 1.165) is 25.8 Å². The zero-order valence-electron chi connectivity index (χ0n) is 18.6. The maximum absolute atomic E-state index is 13.0. The van der Waals surface area contributed by atoms with Crippen LogP contribution in [0.3, 0.4) is 0 Å². The zero-order chi connectivity index (χ0) is 23.5. The fourth-order valence-electron chi connectivity index (χ4n) is 4.08. The monoisotopic (exact) mass is 485 g/mol. The number of piperidine rings is 1. The molecule has 0 aliphatic carbocycles. The molecule has 2 aromatic carbocycles. The highest BCUT2D eigenvalue weighted by atomic mass is 35.5. The van der Waals surface area contributed by atoms with E-state index in [2.05, 4.69) is 12.0 Å². The molecule has 0 radical (unpaired) electrons. The minimum Gasteiger partial charge on any atom is -0.461 e. The summed E-state index contributed by atoms with van der Waals surface area (Å²) in [6.45, 7) is 4.86. The van der Waals surface area contributed by atoms with E-state index in [1.165, 1.54) is 0 Å². The van der Waals surface area contributed by atoms with Gasteiger partial charge in [-0.25, -0.2) is 9.48 Å². The molecular weight excluding hydrogens is 461 g/mol. The largest absolute Gasteiger partial charge is 0.461 e. The zero-order valence-corrected chi connectivity index (χ0v) is 20.1. The third-order valence-electron chi connectivity index (χ3n) is 5.82. The lowest BCUT2D eigenvalue weighted by Gasteiger charge is -2.33. The van der Waals surface area contributed by atoms with Crippen LogP contribution in [0.4, 0.5) is 0 Å². The predicted molar refractivity (Wildman–Crippen MR) is 129 cm³/mol. The summed E-state index contributed by atoms with van der Waals surface area (Å²) in [5, 5.41) is 5.42. The first-order chi connectivity index (χ1) is 15.9. The van der Waals surface area contributed by atoms with Gasteiger partial charge in [-0.15, -0.1) is 0 Å². The fraction of sp³-hybridized carbons (Fsp3) is 0.320. The molecule has 2 heterocycles. The van der Waals surface area contributed by atoms with Gasteiger partial charge in [0.1, 0.15) is 0 Å². The average molecular weight is 486 g/mol. The molecule has 1 aliphatic rings. The quantitative estimate of drug-likeness (QED) is 0.413. The van der Waals surface area contributed by atoms with Crippen LogP contribution in [0.5, 0.6) is 0 Å². The van der Waals surface area contributed by atoms with Crippen molar-refractivity contribution < 1.29 is 14.3 Å². The van der Waals surface area contributed by atoms with E-state index < -0.39 is 5.97 Å². The van der Waals surface area contributed by atoms with Crippen molar-refractivity contribution in [3.05, 3.63) is 69.8 Å². The second-order valence-electron chi connectivity index (χ2n) is 8.06. The number of halogens is 2. The summed E-state index contributed by atoms with van der Waals surface area (Å²) in [4.78, 5) is 27.3. The molecule has 0 N–H and O–H groups in total. The van der Waals surface area contributed by atoms with E-state index in [1.54, 1.807) is 48.0 Å². The van der Waals surface area contributed by atoms with Crippen LogP contribution in [-0.2, 0) is 4.74 Å². The lowest BCUT2D eigenvalue weighted by Crippen LogP contribution is -2.42. The molecule has 1 aromatic heterocycles. The SMILES string of the molecule is CCOC(=O)c1cc(-c2ccc(Cl)cc2Cl)n(-c2ccc(C(=O)N3CCCCC3C)cc2)n1. The first-order valence-corrected chi connectivity index (χ1v) is 11.8. The molecule has 0 spiro atoms. The molecule has 1 fully saturated rings. The van der Waals surface area contributed by atoms with E-state index in [9.17, 15) is 9.59 Å². The lowest BCUT2D eigenvalue weighted by molar-refractivity contribution is 0.0518. The van der Waals surface area contributed by atoms with Gasteiger partial charge in [-0.1, -0.05) is 23.2 Å². The number of amides is 1. The number of esters is 1. The summed E-state index contributed by atoms with van der Waals surface area (Å²) < 4.78 is 6.75. The number of hydrogen-bond acceptors (Lipinski definition) is 4. The lowest BCUT2D eigenvalue weighted by atomic mass is 10.0. The Labute approximate surface area is 203 Å². The predicted octanol–water partition coefficient (Wildman–Crippen LogP) is 6.04. The molecule has 0 bridgehead atoms. The minimum atomic E-state index is -0.520. The third-order valence-corrected chi connectivity index (χ3v) is 6.37. The molecule has 1 atom stereocenters. The summed E-state index contributed by atoms with van der Waals surface area (Å²) >= 11 is 12.5. The number of carbonyl (C=O) groups excluding carboxylic acids is 2. The van der Waals surface area contributed by atoms with E-state index in [1.807, 2.05) is 17.0 Å². The van der Waals surface area contributed by atoms with Crippen LogP contribution < -0.4 is 0 Å². The fourth-order valence-corrected chi connectivity index (χ4v) is 4.59. The van der Waals surface area contributed by atoms with Crippen molar-refractivity contribution in [2.45, 2.75) is 39.2 Å². The van der Waals surface area contributed by atoms with Crippen LogP contribution in [-0.4, -0.2) is 45.8 Å². The van der Waals surface area contributed by atoms with Crippen LogP contribution >= 0.6 is 23.2 Å². The van der Waals surface area contributed by atoms with Crippen molar-refractivity contribution in [3.63, 3.8) is 0 Å². The van der Waals surface area contributed by atoms with Gasteiger partial charge in [0.05, 0.1) is 23.0 Å². The van der Waals surface area contributed by atoms with Crippen LogP contribution in [0.15, 0.2) is 48.5 Å². The molecule has 0 saturated carbocycles. The molecule has 172 valence electrons. The first-order valence-electron chi connectivity index (χ1n) is 11.0. The summed E-state index contributed by atoms with van der Waals surface area (Å²) in [5.41, 5.74) is 2.76. The van der Waals surface area contributed by atoms with Gasteiger partial charge in [-0.2, -0.15) is 5.10 Å². The number of ether oxygens (including phenoxy) is 1. The Morgan fingerprint density at radius 1 is 1.09 bits per heavy atom. The smallest absolute Gasteiger partial charge is 0.358 e. The van der Waals surface area contributed by atoms with Crippen LogP contribution in [0, 0.1) is 0 Å². The molecule has 1 saturated heterocycles. The molecule has 6 nitrogen and oxygen atoms in total. The Kier molecular flexibility index (Phi) is 7.05. The highest BCUT2D eigenvalue weighted by Crippen LogP contribution is 2.32. The topological polar surface area (TPSA) is 64.4 Å². The summed E-state index contributed by atoms with van der Waals surface area (Å²) in [5.74, 6) is -0.490. The summed E-state index contributed by atoms with van der Waals surface area (Å²) in [7, 11) is 0. The van der Waals surface area contributed by atoms with Crippen LogP contribution in [0.2, 0.25) is 10.0 Å². The number of nitrogens with zero attached hydrogens (tertiary/aromatic N) is 3. The number of rotatable bonds is 5. The van der Waals surface area contributed by atoms with Gasteiger partial charge in [0.15, 0.2) is 5.69 Å². The summed E-state index contributed by atoms with van der Waals surface area (Å²) in [6, 6.07) is 14.2. The number of carbonyl (C=O) groups is 2. The second kappa shape index (κ2) is 9.98. The molecule has 4 rings (SSSR count). The molecule has 33 heavy (non-hydrogen) atoms. The highest BCUT2D eigenvalue weighted by Gasteiger charge is 2.24. The van der Waals surface area contributed by atoms with Gasteiger partial charge in [-0.05, 0) is 81.6 Å². The van der Waals surface area contributed by atoms with Crippen molar-refractivity contribution in [1.29, 1.82) is 0 Å². The normalized spacial score (nSPS) is 16.0. The Morgan fingerprint density at radius 2 is 1.85 bits per heavy atom. The van der Waals surface area contributed by atoms with E-state index in [-0.39, 0.29) is 24.2 Å². The Hall–Kier alpha value is -2.83. The van der Waals surface area contributed by atoms with Gasteiger partial charge in [0.25, 0.3) is 5.91 Å². The van der Waals surface area contributed by atoms with Crippen molar-refractivity contribution >= 4 is 35.1 Å². The Morgan fingerprint density at radius 3 is 2.52 bits per heavy atom. The highest BCUT2D eigenvalue weighted by molar-refractivity contribution is 6.36. The van der Waals surface area contributed by atoms with Gasteiger partial charge < -0.3 is 9.64 Å². The molecule has 8 heteroatoms. The molecular formula is C25H25Cl2N3O3.